The Labute approximate surface area is 165 Å². The highest BCUT2D eigenvalue weighted by Crippen LogP contribution is 2.47. The fourth-order valence-electron chi connectivity index (χ4n) is 3.50. The zero-order chi connectivity index (χ0) is 20.1. The lowest BCUT2D eigenvalue weighted by Crippen LogP contribution is -2.50. The molecule has 1 aromatic carbocycles. The first-order valence-corrected chi connectivity index (χ1v) is 10.1. The molecular formula is C21H29N3O4. The second-order valence-corrected chi connectivity index (χ2v) is 7.52. The van der Waals surface area contributed by atoms with Crippen molar-refractivity contribution >= 4 is 23.6 Å². The number of nitrogens with zero attached hydrogens (tertiary/aromatic N) is 1. The van der Waals surface area contributed by atoms with Crippen LogP contribution in [-0.2, 0) is 20.7 Å². The van der Waals surface area contributed by atoms with Gasteiger partial charge in [0.05, 0.1) is 6.61 Å². The summed E-state index contributed by atoms with van der Waals surface area (Å²) < 4.78 is 5.01. The topological polar surface area (TPSA) is 87.7 Å². The molecule has 1 heterocycles. The fraction of sp³-hybridized carbons (Fsp3) is 0.571. The molecule has 1 saturated heterocycles. The summed E-state index contributed by atoms with van der Waals surface area (Å²) in [6.45, 7) is 5.31. The highest BCUT2D eigenvalue weighted by atomic mass is 16.6. The molecule has 0 atom stereocenters. The second-order valence-electron chi connectivity index (χ2n) is 7.52. The van der Waals surface area contributed by atoms with Gasteiger partial charge in [0.2, 0.25) is 11.8 Å². The normalized spacial score (nSPS) is 18.3. The average Bonchev–Trinajstić information content (AvgIpc) is 3.51. The molecule has 2 aliphatic rings. The van der Waals surface area contributed by atoms with Gasteiger partial charge in [-0.1, -0.05) is 19.1 Å². The maximum Gasteiger partial charge on any atom is 0.409 e. The van der Waals surface area contributed by atoms with E-state index in [4.69, 9.17) is 4.74 Å². The average molecular weight is 387 g/mol. The number of likely N-dealkylation sites (tertiary alicyclic amines) is 1. The van der Waals surface area contributed by atoms with Crippen molar-refractivity contribution in [3.8, 4) is 0 Å². The Bertz CT molecular complexity index is 720. The minimum absolute atomic E-state index is 0.0210. The Morgan fingerprint density at radius 3 is 2.25 bits per heavy atom. The molecule has 0 unspecified atom stereocenters. The van der Waals surface area contributed by atoms with Crippen LogP contribution >= 0.6 is 0 Å². The minimum Gasteiger partial charge on any atom is -0.450 e. The third-order valence-electron chi connectivity index (χ3n) is 5.60. The summed E-state index contributed by atoms with van der Waals surface area (Å²) in [5, 5.41) is 5.90. The van der Waals surface area contributed by atoms with Crippen LogP contribution in [0.5, 0.6) is 0 Å². The molecule has 0 aromatic heterocycles. The van der Waals surface area contributed by atoms with Gasteiger partial charge in [-0.05, 0) is 56.7 Å². The van der Waals surface area contributed by atoms with E-state index in [0.717, 1.165) is 6.42 Å². The number of piperidine rings is 1. The van der Waals surface area contributed by atoms with E-state index in [0.29, 0.717) is 51.1 Å². The number of hydrogen-bond donors (Lipinski definition) is 2. The Balaban J connectivity index is 1.51. The summed E-state index contributed by atoms with van der Waals surface area (Å²) in [7, 11) is 0. The summed E-state index contributed by atoms with van der Waals surface area (Å²) in [4.78, 5) is 38.9. The van der Waals surface area contributed by atoms with Gasteiger partial charge in [0.25, 0.3) is 0 Å². The van der Waals surface area contributed by atoms with Crippen LogP contribution in [-0.4, -0.2) is 48.5 Å². The third-order valence-corrected chi connectivity index (χ3v) is 5.60. The molecule has 2 fully saturated rings. The lowest BCUT2D eigenvalue weighted by atomic mass is 10.0. The second kappa shape index (κ2) is 8.63. The van der Waals surface area contributed by atoms with E-state index in [9.17, 15) is 14.4 Å². The molecule has 7 nitrogen and oxygen atoms in total. The molecule has 3 rings (SSSR count). The van der Waals surface area contributed by atoms with Crippen molar-refractivity contribution in [3.63, 3.8) is 0 Å². The standard InChI is InChI=1S/C21H29N3O4/c1-3-15-5-7-16(8-6-15)22-18(25)21(11-12-21)19(26)23-17-9-13-24(14-10-17)20(27)28-4-2/h5-8,17H,3-4,9-14H2,1-2H3,(H,22,25)(H,23,26). The maximum atomic E-state index is 12.8. The molecule has 1 aromatic rings. The van der Waals surface area contributed by atoms with E-state index >= 15 is 0 Å². The van der Waals surface area contributed by atoms with Crippen LogP contribution in [0.1, 0.15) is 45.1 Å². The first-order chi connectivity index (χ1) is 13.5. The minimum atomic E-state index is -0.957. The molecule has 0 radical (unpaired) electrons. The lowest BCUT2D eigenvalue weighted by molar-refractivity contribution is -0.135. The van der Waals surface area contributed by atoms with Crippen LogP contribution < -0.4 is 10.6 Å². The predicted octanol–water partition coefficient (Wildman–Crippen LogP) is 2.70. The number of aryl methyl sites for hydroxylation is 1. The Morgan fingerprint density at radius 2 is 1.71 bits per heavy atom. The van der Waals surface area contributed by atoms with Crippen molar-refractivity contribution in [2.24, 2.45) is 5.41 Å². The first kappa shape index (κ1) is 20.2. The molecule has 1 aliphatic carbocycles. The van der Waals surface area contributed by atoms with Crippen molar-refractivity contribution < 1.29 is 19.1 Å². The lowest BCUT2D eigenvalue weighted by Gasteiger charge is -2.32. The Hall–Kier alpha value is -2.57. The summed E-state index contributed by atoms with van der Waals surface area (Å²) >= 11 is 0. The largest absolute Gasteiger partial charge is 0.450 e. The predicted molar refractivity (Wildman–Crippen MR) is 106 cm³/mol. The van der Waals surface area contributed by atoms with Gasteiger partial charge in [-0.25, -0.2) is 4.79 Å². The van der Waals surface area contributed by atoms with Crippen LogP contribution in [0, 0.1) is 5.41 Å². The van der Waals surface area contributed by atoms with Gasteiger partial charge in [0.1, 0.15) is 5.41 Å². The third kappa shape index (κ3) is 4.46. The number of carbonyl (C=O) groups excluding carboxylic acids is 3. The van der Waals surface area contributed by atoms with E-state index in [2.05, 4.69) is 17.6 Å². The Kier molecular flexibility index (Phi) is 6.21. The smallest absolute Gasteiger partial charge is 0.409 e. The molecule has 152 valence electrons. The van der Waals surface area contributed by atoms with Crippen LogP contribution in [0.3, 0.4) is 0 Å². The van der Waals surface area contributed by atoms with Gasteiger partial charge >= 0.3 is 6.09 Å². The molecule has 2 N–H and O–H groups in total. The van der Waals surface area contributed by atoms with Crippen LogP contribution in [0.25, 0.3) is 0 Å². The molecular weight excluding hydrogens is 358 g/mol. The van der Waals surface area contributed by atoms with Gasteiger partial charge in [-0.15, -0.1) is 0 Å². The van der Waals surface area contributed by atoms with Crippen LogP contribution in [0.4, 0.5) is 10.5 Å². The number of hydrogen-bond acceptors (Lipinski definition) is 4. The van der Waals surface area contributed by atoms with Crippen molar-refractivity contribution in [2.75, 3.05) is 25.0 Å². The Morgan fingerprint density at radius 1 is 1.07 bits per heavy atom. The number of amides is 3. The van der Waals surface area contributed by atoms with Crippen LogP contribution in [0.15, 0.2) is 24.3 Å². The van der Waals surface area contributed by atoms with Gasteiger partial charge in [-0.2, -0.15) is 0 Å². The van der Waals surface area contributed by atoms with E-state index in [-0.39, 0.29) is 23.9 Å². The number of rotatable bonds is 6. The van der Waals surface area contributed by atoms with Gasteiger partial charge in [-0.3, -0.25) is 9.59 Å². The van der Waals surface area contributed by atoms with Crippen molar-refractivity contribution in [1.82, 2.24) is 10.2 Å². The number of anilines is 1. The summed E-state index contributed by atoms with van der Waals surface area (Å²) in [5.74, 6) is -0.442. The highest BCUT2D eigenvalue weighted by molar-refractivity contribution is 6.13. The molecule has 28 heavy (non-hydrogen) atoms. The van der Waals surface area contributed by atoms with Gasteiger partial charge in [0.15, 0.2) is 0 Å². The monoisotopic (exact) mass is 387 g/mol. The fourth-order valence-corrected chi connectivity index (χ4v) is 3.50. The number of carbonyl (C=O) groups is 3. The quantitative estimate of drug-likeness (QED) is 0.735. The zero-order valence-corrected chi connectivity index (χ0v) is 16.6. The van der Waals surface area contributed by atoms with Crippen molar-refractivity contribution in [2.45, 2.75) is 52.0 Å². The highest BCUT2D eigenvalue weighted by Gasteiger charge is 2.56. The van der Waals surface area contributed by atoms with E-state index in [1.54, 1.807) is 11.8 Å². The van der Waals surface area contributed by atoms with E-state index in [1.807, 2.05) is 24.3 Å². The van der Waals surface area contributed by atoms with Crippen molar-refractivity contribution in [1.29, 1.82) is 0 Å². The summed E-state index contributed by atoms with van der Waals surface area (Å²) in [5.41, 5.74) is 0.955. The van der Waals surface area contributed by atoms with Crippen molar-refractivity contribution in [3.05, 3.63) is 29.8 Å². The SMILES string of the molecule is CCOC(=O)N1CCC(NC(=O)C2(C(=O)Nc3ccc(CC)cc3)CC2)CC1. The van der Waals surface area contributed by atoms with Crippen LogP contribution in [0.2, 0.25) is 0 Å². The number of benzene rings is 1. The van der Waals surface area contributed by atoms with E-state index in [1.165, 1.54) is 5.56 Å². The molecule has 0 bridgehead atoms. The molecule has 1 aliphatic heterocycles. The summed E-state index contributed by atoms with van der Waals surface area (Å²) in [6.07, 6.45) is 3.11. The number of nitrogens with one attached hydrogen (secondary N) is 2. The zero-order valence-electron chi connectivity index (χ0n) is 16.6. The number of ether oxygens (including phenoxy) is 1. The molecule has 7 heteroatoms. The maximum absolute atomic E-state index is 12.8. The van der Waals surface area contributed by atoms with Gasteiger partial charge < -0.3 is 20.3 Å². The first-order valence-electron chi connectivity index (χ1n) is 10.1. The van der Waals surface area contributed by atoms with Gasteiger partial charge in [0, 0.05) is 24.8 Å². The molecule has 0 spiro atoms. The molecule has 1 saturated carbocycles. The van der Waals surface area contributed by atoms with E-state index < -0.39 is 5.41 Å². The molecule has 3 amide bonds. The summed E-state index contributed by atoms with van der Waals surface area (Å²) in [6, 6.07) is 7.68.